The van der Waals surface area contributed by atoms with Crippen molar-refractivity contribution in [1.82, 2.24) is 10.0 Å². The van der Waals surface area contributed by atoms with Gasteiger partial charge in [-0.25, -0.2) is 19.4 Å². The third kappa shape index (κ3) is 6.97. The van der Waals surface area contributed by atoms with E-state index in [1.54, 1.807) is 20.8 Å². The van der Waals surface area contributed by atoms with Crippen LogP contribution in [0.5, 0.6) is 0 Å². The van der Waals surface area contributed by atoms with Crippen molar-refractivity contribution in [2.24, 2.45) is 0 Å². The van der Waals surface area contributed by atoms with Crippen molar-refractivity contribution in [2.75, 3.05) is 6.54 Å². The number of rotatable bonds is 5. The number of nitrogens with zero attached hydrogens (tertiary/aromatic N) is 2. The van der Waals surface area contributed by atoms with E-state index < -0.39 is 29.8 Å². The molecule has 2 aromatic carbocycles. The topological polar surface area (TPSA) is 85.4 Å². The number of hydrogen-bond acceptors (Lipinski definition) is 6. The third-order valence-corrected chi connectivity index (χ3v) is 4.89. The van der Waals surface area contributed by atoms with Gasteiger partial charge >= 0.3 is 18.2 Å². The minimum atomic E-state index is -0.995. The number of hydrazine groups is 1. The second-order valence-corrected chi connectivity index (χ2v) is 8.74. The molecule has 0 aromatic heterocycles. The predicted molar refractivity (Wildman–Crippen MR) is 121 cm³/mol. The molecule has 1 saturated heterocycles. The number of hydrogen-bond donors (Lipinski definition) is 0. The fourth-order valence-electron chi connectivity index (χ4n) is 3.40. The molecule has 33 heavy (non-hydrogen) atoms. The van der Waals surface area contributed by atoms with Crippen LogP contribution in [0.1, 0.15) is 44.7 Å². The molecule has 8 nitrogen and oxygen atoms in total. The van der Waals surface area contributed by atoms with E-state index in [1.165, 1.54) is 0 Å². The lowest BCUT2D eigenvalue weighted by molar-refractivity contribution is -0.170. The quantitative estimate of drug-likeness (QED) is 0.482. The van der Waals surface area contributed by atoms with Crippen LogP contribution in [0.3, 0.4) is 0 Å². The van der Waals surface area contributed by atoms with Gasteiger partial charge in [0.1, 0.15) is 18.8 Å². The van der Waals surface area contributed by atoms with Gasteiger partial charge in [0.25, 0.3) is 0 Å². The first-order valence-corrected chi connectivity index (χ1v) is 11.0. The van der Waals surface area contributed by atoms with E-state index >= 15 is 0 Å². The van der Waals surface area contributed by atoms with Crippen LogP contribution < -0.4 is 0 Å². The Labute approximate surface area is 194 Å². The lowest BCUT2D eigenvalue weighted by atomic mass is 10.1. The molecular formula is C25H30N2O6. The molecule has 2 amide bonds. The Morgan fingerprint density at radius 1 is 0.848 bits per heavy atom. The summed E-state index contributed by atoms with van der Waals surface area (Å²) in [5, 5.41) is 2.17. The van der Waals surface area contributed by atoms with Gasteiger partial charge in [-0.15, -0.1) is 0 Å². The van der Waals surface area contributed by atoms with Gasteiger partial charge in [0.15, 0.2) is 6.04 Å². The van der Waals surface area contributed by atoms with Gasteiger partial charge in [0, 0.05) is 6.54 Å². The number of amides is 2. The smallest absolute Gasteiger partial charge is 0.430 e. The van der Waals surface area contributed by atoms with Crippen LogP contribution in [0.25, 0.3) is 0 Å². The highest BCUT2D eigenvalue weighted by Crippen LogP contribution is 2.24. The zero-order chi connectivity index (χ0) is 23.8. The lowest BCUT2D eigenvalue weighted by Crippen LogP contribution is -2.61. The standard InChI is InChI=1S/C25H30N2O6/c1-25(2,3)33-22(28)21-15-10-16-26(23(29)31-17-19-11-6-4-7-12-19)27(21)24(30)32-18-20-13-8-5-9-14-20/h4-9,11-14,21H,10,15-18H2,1-3H3/t21-/m0/s1. The molecule has 0 bridgehead atoms. The highest BCUT2D eigenvalue weighted by atomic mass is 16.6. The Bertz CT molecular complexity index is 942. The fourth-order valence-corrected chi connectivity index (χ4v) is 3.40. The predicted octanol–water partition coefficient (Wildman–Crippen LogP) is 4.68. The Balaban J connectivity index is 1.76. The second kappa shape index (κ2) is 10.8. The maximum absolute atomic E-state index is 13.1. The van der Waals surface area contributed by atoms with Crippen molar-refractivity contribution in [3.05, 3.63) is 71.8 Å². The van der Waals surface area contributed by atoms with Crippen molar-refractivity contribution >= 4 is 18.2 Å². The molecule has 176 valence electrons. The zero-order valence-electron chi connectivity index (χ0n) is 19.2. The summed E-state index contributed by atoms with van der Waals surface area (Å²) in [6.07, 6.45) is -0.695. The molecule has 3 rings (SSSR count). The Kier molecular flexibility index (Phi) is 7.92. The van der Waals surface area contributed by atoms with Crippen LogP contribution in [0.15, 0.2) is 60.7 Å². The van der Waals surface area contributed by atoms with Crippen molar-refractivity contribution in [2.45, 2.75) is 58.5 Å². The molecule has 1 aliphatic rings. The largest absolute Gasteiger partial charge is 0.458 e. The molecule has 1 heterocycles. The molecule has 0 aliphatic carbocycles. The monoisotopic (exact) mass is 454 g/mol. The van der Waals surface area contributed by atoms with Crippen LogP contribution >= 0.6 is 0 Å². The van der Waals surface area contributed by atoms with Gasteiger partial charge in [-0.3, -0.25) is 0 Å². The molecule has 0 radical (unpaired) electrons. The van der Waals surface area contributed by atoms with Gasteiger partial charge in [-0.1, -0.05) is 60.7 Å². The van der Waals surface area contributed by atoms with Gasteiger partial charge in [0.05, 0.1) is 0 Å². The number of esters is 1. The maximum Gasteiger partial charge on any atom is 0.430 e. The average Bonchev–Trinajstić information content (AvgIpc) is 2.80. The van der Waals surface area contributed by atoms with E-state index in [1.807, 2.05) is 60.7 Å². The first kappa shape index (κ1) is 24.1. The molecule has 1 aliphatic heterocycles. The number of carbonyl (C=O) groups excluding carboxylic acids is 3. The first-order chi connectivity index (χ1) is 15.7. The van der Waals surface area contributed by atoms with E-state index in [0.717, 1.165) is 21.1 Å². The van der Waals surface area contributed by atoms with Crippen LogP contribution in [-0.4, -0.2) is 46.4 Å². The summed E-state index contributed by atoms with van der Waals surface area (Å²) in [5.41, 5.74) is 0.854. The van der Waals surface area contributed by atoms with E-state index in [0.29, 0.717) is 12.8 Å². The highest BCUT2D eigenvalue weighted by molar-refractivity contribution is 5.83. The van der Waals surface area contributed by atoms with Gasteiger partial charge in [-0.2, -0.15) is 5.01 Å². The summed E-state index contributed by atoms with van der Waals surface area (Å²) in [6.45, 7) is 5.50. The average molecular weight is 455 g/mol. The van der Waals surface area contributed by atoms with Crippen molar-refractivity contribution in [1.29, 1.82) is 0 Å². The molecular weight excluding hydrogens is 424 g/mol. The fraction of sp³-hybridized carbons (Fsp3) is 0.400. The molecule has 8 heteroatoms. The summed E-state index contributed by atoms with van der Waals surface area (Å²) < 4.78 is 16.4. The van der Waals surface area contributed by atoms with Crippen molar-refractivity contribution in [3.8, 4) is 0 Å². The minimum absolute atomic E-state index is 0.00408. The number of benzene rings is 2. The molecule has 0 saturated carbocycles. The first-order valence-electron chi connectivity index (χ1n) is 11.0. The van der Waals surface area contributed by atoms with E-state index in [-0.39, 0.29) is 19.8 Å². The summed E-state index contributed by atoms with van der Waals surface area (Å²) in [4.78, 5) is 38.9. The van der Waals surface area contributed by atoms with Crippen molar-refractivity contribution < 1.29 is 28.6 Å². The minimum Gasteiger partial charge on any atom is -0.458 e. The summed E-state index contributed by atoms with van der Waals surface area (Å²) in [7, 11) is 0. The summed E-state index contributed by atoms with van der Waals surface area (Å²) in [6, 6.07) is 17.4. The molecule has 1 fully saturated rings. The molecule has 0 spiro atoms. The van der Waals surface area contributed by atoms with Crippen LogP contribution in [-0.2, 0) is 32.2 Å². The summed E-state index contributed by atoms with van der Waals surface area (Å²) >= 11 is 0. The molecule has 0 N–H and O–H groups in total. The van der Waals surface area contributed by atoms with E-state index in [9.17, 15) is 14.4 Å². The Hall–Kier alpha value is -3.55. The van der Waals surface area contributed by atoms with E-state index in [4.69, 9.17) is 14.2 Å². The van der Waals surface area contributed by atoms with E-state index in [2.05, 4.69) is 0 Å². The highest BCUT2D eigenvalue weighted by Gasteiger charge is 2.43. The normalized spacial score (nSPS) is 16.2. The maximum atomic E-state index is 13.1. The van der Waals surface area contributed by atoms with Crippen LogP contribution in [0.4, 0.5) is 9.59 Å². The van der Waals surface area contributed by atoms with Gasteiger partial charge < -0.3 is 14.2 Å². The summed E-state index contributed by atoms with van der Waals surface area (Å²) in [5.74, 6) is -0.597. The number of ether oxygens (including phenoxy) is 3. The van der Waals surface area contributed by atoms with Gasteiger partial charge in [0.2, 0.25) is 0 Å². The van der Waals surface area contributed by atoms with Crippen LogP contribution in [0.2, 0.25) is 0 Å². The van der Waals surface area contributed by atoms with Crippen LogP contribution in [0, 0.1) is 0 Å². The lowest BCUT2D eigenvalue weighted by Gasteiger charge is -2.41. The third-order valence-electron chi connectivity index (χ3n) is 4.89. The zero-order valence-corrected chi connectivity index (χ0v) is 19.2. The molecule has 1 atom stereocenters. The molecule has 0 unspecified atom stereocenters. The molecule has 2 aromatic rings. The van der Waals surface area contributed by atoms with Crippen molar-refractivity contribution in [3.63, 3.8) is 0 Å². The SMILES string of the molecule is CC(C)(C)OC(=O)[C@@H]1CCCN(C(=O)OCc2ccccc2)N1C(=O)OCc1ccccc1. The number of carbonyl (C=O) groups is 3. The second-order valence-electron chi connectivity index (χ2n) is 8.74. The van der Waals surface area contributed by atoms with Gasteiger partial charge in [-0.05, 0) is 44.7 Å². The Morgan fingerprint density at radius 2 is 1.36 bits per heavy atom. The Morgan fingerprint density at radius 3 is 1.88 bits per heavy atom.